The highest BCUT2D eigenvalue weighted by Crippen LogP contribution is 2.24. The molecule has 6 heteroatoms. The standard InChI is InChI=1S/C20H22FNO4/c1-14-3-2-4-18(20(14)21)26-17-9-10-22(11-17)19(24)13-25-16-7-5-15(12-23)6-8-16/h2-8,17,23H,9-13H2,1H3. The number of hydrogen-bond donors (Lipinski definition) is 1. The summed E-state index contributed by atoms with van der Waals surface area (Å²) in [7, 11) is 0. The molecule has 1 atom stereocenters. The van der Waals surface area contributed by atoms with E-state index in [2.05, 4.69) is 0 Å². The van der Waals surface area contributed by atoms with Crippen LogP contribution in [0.15, 0.2) is 42.5 Å². The molecule has 2 aromatic carbocycles. The van der Waals surface area contributed by atoms with E-state index < -0.39 is 0 Å². The second-order valence-electron chi connectivity index (χ2n) is 6.35. The van der Waals surface area contributed by atoms with E-state index in [1.165, 1.54) is 0 Å². The molecule has 1 heterocycles. The summed E-state index contributed by atoms with van der Waals surface area (Å²) in [5.74, 6) is 0.313. The lowest BCUT2D eigenvalue weighted by molar-refractivity contribution is -0.132. The summed E-state index contributed by atoms with van der Waals surface area (Å²) in [6.45, 7) is 2.57. The van der Waals surface area contributed by atoms with Gasteiger partial charge < -0.3 is 19.5 Å². The lowest BCUT2D eigenvalue weighted by Gasteiger charge is -2.18. The van der Waals surface area contributed by atoms with Gasteiger partial charge in [-0.25, -0.2) is 4.39 Å². The third-order valence-electron chi connectivity index (χ3n) is 4.42. The average Bonchev–Trinajstić information content (AvgIpc) is 3.12. The first-order valence-electron chi connectivity index (χ1n) is 8.59. The molecule has 0 radical (unpaired) electrons. The summed E-state index contributed by atoms with van der Waals surface area (Å²) in [5, 5.41) is 9.02. The molecule has 3 rings (SSSR count). The smallest absolute Gasteiger partial charge is 0.260 e. The quantitative estimate of drug-likeness (QED) is 0.862. The van der Waals surface area contributed by atoms with Crippen molar-refractivity contribution in [1.29, 1.82) is 0 Å². The maximum atomic E-state index is 14.0. The molecule has 138 valence electrons. The Bertz CT molecular complexity index is 763. The van der Waals surface area contributed by atoms with Gasteiger partial charge in [-0.05, 0) is 36.2 Å². The Morgan fingerprint density at radius 2 is 2.04 bits per heavy atom. The fourth-order valence-electron chi connectivity index (χ4n) is 2.87. The van der Waals surface area contributed by atoms with Gasteiger partial charge >= 0.3 is 0 Å². The monoisotopic (exact) mass is 359 g/mol. The molecule has 1 saturated heterocycles. The van der Waals surface area contributed by atoms with Gasteiger partial charge in [0.25, 0.3) is 5.91 Å². The number of aliphatic hydroxyl groups excluding tert-OH is 1. The number of nitrogens with zero attached hydrogens (tertiary/aromatic N) is 1. The summed E-state index contributed by atoms with van der Waals surface area (Å²) in [6, 6.07) is 12.0. The predicted molar refractivity (Wildman–Crippen MR) is 94.6 cm³/mol. The molecule has 0 aromatic heterocycles. The lowest BCUT2D eigenvalue weighted by atomic mass is 10.2. The Balaban J connectivity index is 1.49. The Morgan fingerprint density at radius 1 is 1.27 bits per heavy atom. The van der Waals surface area contributed by atoms with Crippen molar-refractivity contribution in [2.24, 2.45) is 0 Å². The molecule has 1 amide bonds. The van der Waals surface area contributed by atoms with Crippen LogP contribution in [0, 0.1) is 12.7 Å². The molecule has 1 aliphatic rings. The van der Waals surface area contributed by atoms with Crippen LogP contribution >= 0.6 is 0 Å². The van der Waals surface area contributed by atoms with E-state index in [1.807, 2.05) is 0 Å². The predicted octanol–water partition coefficient (Wildman–Crippen LogP) is 2.69. The van der Waals surface area contributed by atoms with Gasteiger partial charge in [-0.1, -0.05) is 24.3 Å². The summed E-state index contributed by atoms with van der Waals surface area (Å²) >= 11 is 0. The molecule has 1 fully saturated rings. The number of likely N-dealkylation sites (tertiary alicyclic amines) is 1. The van der Waals surface area contributed by atoms with Crippen LogP contribution in [-0.2, 0) is 11.4 Å². The highest BCUT2D eigenvalue weighted by molar-refractivity contribution is 5.78. The van der Waals surface area contributed by atoms with Gasteiger partial charge in [0.15, 0.2) is 18.2 Å². The van der Waals surface area contributed by atoms with Crippen molar-refractivity contribution < 1.29 is 23.8 Å². The minimum Gasteiger partial charge on any atom is -0.485 e. The van der Waals surface area contributed by atoms with Crippen molar-refractivity contribution in [3.63, 3.8) is 0 Å². The molecule has 2 aromatic rings. The van der Waals surface area contributed by atoms with Crippen molar-refractivity contribution in [3.05, 3.63) is 59.4 Å². The van der Waals surface area contributed by atoms with E-state index in [0.717, 1.165) is 5.56 Å². The van der Waals surface area contributed by atoms with Gasteiger partial charge in [-0.15, -0.1) is 0 Å². The average molecular weight is 359 g/mol. The summed E-state index contributed by atoms with van der Waals surface area (Å²) in [4.78, 5) is 14.0. The topological polar surface area (TPSA) is 59.0 Å². The minimum absolute atomic E-state index is 0.0318. The number of carbonyl (C=O) groups excluding carboxylic acids is 1. The Labute approximate surface area is 152 Å². The number of halogens is 1. The summed E-state index contributed by atoms with van der Waals surface area (Å²) in [5.41, 5.74) is 1.32. The Hall–Kier alpha value is -2.60. The molecule has 5 nitrogen and oxygen atoms in total. The van der Waals surface area contributed by atoms with Crippen LogP contribution in [0.1, 0.15) is 17.5 Å². The van der Waals surface area contributed by atoms with Crippen molar-refractivity contribution in [2.45, 2.75) is 26.1 Å². The second-order valence-corrected chi connectivity index (χ2v) is 6.35. The first-order valence-corrected chi connectivity index (χ1v) is 8.59. The van der Waals surface area contributed by atoms with Crippen LogP contribution in [0.5, 0.6) is 11.5 Å². The first-order chi connectivity index (χ1) is 12.6. The maximum Gasteiger partial charge on any atom is 0.260 e. The van der Waals surface area contributed by atoms with Crippen molar-refractivity contribution >= 4 is 5.91 Å². The second kappa shape index (κ2) is 8.19. The Kier molecular flexibility index (Phi) is 5.73. The fourth-order valence-corrected chi connectivity index (χ4v) is 2.87. The van der Waals surface area contributed by atoms with Crippen LogP contribution in [0.25, 0.3) is 0 Å². The Morgan fingerprint density at radius 3 is 2.77 bits per heavy atom. The first kappa shape index (κ1) is 18.2. The van der Waals surface area contributed by atoms with E-state index >= 15 is 0 Å². The number of rotatable bonds is 6. The van der Waals surface area contributed by atoms with Gasteiger partial charge in [-0.3, -0.25) is 4.79 Å². The number of hydrogen-bond acceptors (Lipinski definition) is 4. The van der Waals surface area contributed by atoms with Crippen molar-refractivity contribution in [3.8, 4) is 11.5 Å². The van der Waals surface area contributed by atoms with Gasteiger partial charge in [0, 0.05) is 13.0 Å². The highest BCUT2D eigenvalue weighted by Gasteiger charge is 2.28. The number of carbonyl (C=O) groups is 1. The molecular weight excluding hydrogens is 337 g/mol. The maximum absolute atomic E-state index is 14.0. The molecule has 0 bridgehead atoms. The minimum atomic E-state index is -0.355. The summed E-state index contributed by atoms with van der Waals surface area (Å²) in [6.07, 6.45) is 0.434. The fraction of sp³-hybridized carbons (Fsp3) is 0.350. The van der Waals surface area contributed by atoms with Gasteiger partial charge in [0.1, 0.15) is 11.9 Å². The van der Waals surface area contributed by atoms with Crippen LogP contribution in [0.3, 0.4) is 0 Å². The molecule has 1 unspecified atom stereocenters. The van der Waals surface area contributed by atoms with Gasteiger partial charge in [0.05, 0.1) is 13.2 Å². The SMILES string of the molecule is Cc1cccc(OC2CCN(C(=O)COc3ccc(CO)cc3)C2)c1F. The number of benzene rings is 2. The van der Waals surface area contributed by atoms with E-state index in [-0.39, 0.29) is 36.8 Å². The van der Waals surface area contributed by atoms with Crippen LogP contribution < -0.4 is 9.47 Å². The zero-order valence-electron chi connectivity index (χ0n) is 14.7. The zero-order chi connectivity index (χ0) is 18.5. The molecule has 0 aliphatic carbocycles. The third-order valence-corrected chi connectivity index (χ3v) is 4.42. The zero-order valence-corrected chi connectivity index (χ0v) is 14.7. The third kappa shape index (κ3) is 4.32. The number of aryl methyl sites for hydroxylation is 1. The molecule has 1 aliphatic heterocycles. The van der Waals surface area contributed by atoms with Crippen LogP contribution in [0.4, 0.5) is 4.39 Å². The molecular formula is C20H22FNO4. The lowest BCUT2D eigenvalue weighted by Crippen LogP contribution is -2.34. The molecule has 0 spiro atoms. The van der Waals surface area contributed by atoms with Gasteiger partial charge in [-0.2, -0.15) is 0 Å². The van der Waals surface area contributed by atoms with Crippen molar-refractivity contribution in [2.75, 3.05) is 19.7 Å². The van der Waals surface area contributed by atoms with Crippen LogP contribution in [0.2, 0.25) is 0 Å². The van der Waals surface area contributed by atoms with Crippen LogP contribution in [-0.4, -0.2) is 41.7 Å². The van der Waals surface area contributed by atoms with E-state index in [1.54, 1.807) is 54.3 Å². The molecule has 26 heavy (non-hydrogen) atoms. The van der Waals surface area contributed by atoms with E-state index in [0.29, 0.717) is 30.8 Å². The number of aliphatic hydroxyl groups is 1. The number of ether oxygens (including phenoxy) is 2. The van der Waals surface area contributed by atoms with Crippen molar-refractivity contribution in [1.82, 2.24) is 4.90 Å². The molecule has 1 N–H and O–H groups in total. The van der Waals surface area contributed by atoms with E-state index in [9.17, 15) is 9.18 Å². The highest BCUT2D eigenvalue weighted by atomic mass is 19.1. The largest absolute Gasteiger partial charge is 0.485 e. The van der Waals surface area contributed by atoms with Gasteiger partial charge in [0.2, 0.25) is 0 Å². The van der Waals surface area contributed by atoms with E-state index in [4.69, 9.17) is 14.6 Å². The number of amides is 1. The normalized spacial score (nSPS) is 16.6. The summed E-state index contributed by atoms with van der Waals surface area (Å²) < 4.78 is 25.2. The molecule has 0 saturated carbocycles.